The van der Waals surface area contributed by atoms with E-state index < -0.39 is 0 Å². The van der Waals surface area contributed by atoms with Crippen molar-refractivity contribution in [3.8, 4) is 17.2 Å². The fourth-order valence-electron chi connectivity index (χ4n) is 2.04. The minimum Gasteiger partial charge on any atom is -0.192 e. The van der Waals surface area contributed by atoms with Crippen molar-refractivity contribution in [2.75, 3.05) is 0 Å². The molecular weight excluding hydrogens is 286 g/mol. The highest BCUT2D eigenvalue weighted by molar-refractivity contribution is 9.10. The summed E-state index contributed by atoms with van der Waals surface area (Å²) in [6.45, 7) is 2.17. The zero-order valence-electron chi connectivity index (χ0n) is 10.3. The molecule has 2 heteroatoms. The topological polar surface area (TPSA) is 23.8 Å². The number of halogens is 1. The van der Waals surface area contributed by atoms with Gasteiger partial charge in [-0.2, -0.15) is 5.26 Å². The van der Waals surface area contributed by atoms with E-state index in [0.29, 0.717) is 0 Å². The van der Waals surface area contributed by atoms with Gasteiger partial charge in [-0.1, -0.05) is 53.5 Å². The van der Waals surface area contributed by atoms with Gasteiger partial charge in [0.25, 0.3) is 0 Å². The van der Waals surface area contributed by atoms with E-state index in [2.05, 4.69) is 47.1 Å². The molecule has 1 nitrogen and oxygen atoms in total. The lowest BCUT2D eigenvalue weighted by Crippen LogP contribution is -1.89. The molecule has 0 aliphatic rings. The highest BCUT2D eigenvalue weighted by Gasteiger charge is 2.06. The molecule has 0 saturated heterocycles. The van der Waals surface area contributed by atoms with Crippen molar-refractivity contribution in [1.82, 2.24) is 0 Å². The molecule has 0 radical (unpaired) electrons. The van der Waals surface area contributed by atoms with Gasteiger partial charge in [-0.25, -0.2) is 0 Å². The lowest BCUT2D eigenvalue weighted by molar-refractivity contribution is 0.917. The van der Waals surface area contributed by atoms with Crippen molar-refractivity contribution in [3.63, 3.8) is 0 Å². The van der Waals surface area contributed by atoms with Gasteiger partial charge < -0.3 is 0 Å². The van der Waals surface area contributed by atoms with E-state index in [1.165, 1.54) is 5.56 Å². The van der Waals surface area contributed by atoms with E-state index >= 15 is 0 Å². The predicted molar refractivity (Wildman–Crippen MR) is 78.3 cm³/mol. The van der Waals surface area contributed by atoms with Gasteiger partial charge in [0, 0.05) is 4.47 Å². The Morgan fingerprint density at radius 1 is 1.17 bits per heavy atom. The molecule has 0 atom stereocenters. The van der Waals surface area contributed by atoms with Gasteiger partial charge in [0.05, 0.1) is 11.6 Å². The Balaban J connectivity index is 2.51. The van der Waals surface area contributed by atoms with Crippen molar-refractivity contribution >= 4 is 15.9 Å². The van der Waals surface area contributed by atoms with Crippen molar-refractivity contribution in [2.24, 2.45) is 0 Å². The molecule has 0 spiro atoms. The second-order valence-corrected chi connectivity index (χ2v) is 5.07. The molecule has 90 valence electrons. The van der Waals surface area contributed by atoms with E-state index in [1.807, 2.05) is 24.3 Å². The average Bonchev–Trinajstić information content (AvgIpc) is 2.41. The second kappa shape index (κ2) is 5.84. The molecule has 2 rings (SSSR count). The van der Waals surface area contributed by atoms with Gasteiger partial charge in [0.2, 0.25) is 0 Å². The second-order valence-electron chi connectivity index (χ2n) is 4.21. The molecule has 0 amide bonds. The Kier molecular flexibility index (Phi) is 4.17. The highest BCUT2D eigenvalue weighted by Crippen LogP contribution is 2.28. The minimum atomic E-state index is 0.724. The smallest absolute Gasteiger partial charge is 0.0998 e. The van der Waals surface area contributed by atoms with Crippen LogP contribution in [0.1, 0.15) is 24.5 Å². The predicted octanol–water partition coefficient (Wildman–Crippen LogP) is 4.94. The van der Waals surface area contributed by atoms with Crippen LogP contribution in [-0.2, 0) is 6.42 Å². The van der Waals surface area contributed by atoms with E-state index in [0.717, 1.165) is 34.0 Å². The summed E-state index contributed by atoms with van der Waals surface area (Å²) in [5.41, 5.74) is 4.13. The third-order valence-corrected chi connectivity index (χ3v) is 3.70. The summed E-state index contributed by atoms with van der Waals surface area (Å²) in [6.07, 6.45) is 2.16. The summed E-state index contributed by atoms with van der Waals surface area (Å²) in [6, 6.07) is 16.3. The summed E-state index contributed by atoms with van der Waals surface area (Å²) in [7, 11) is 0. The zero-order chi connectivity index (χ0) is 13.0. The van der Waals surface area contributed by atoms with Gasteiger partial charge in [0.15, 0.2) is 0 Å². The summed E-state index contributed by atoms with van der Waals surface area (Å²) in [4.78, 5) is 0. The highest BCUT2D eigenvalue weighted by atomic mass is 79.9. The molecule has 0 heterocycles. The average molecular weight is 300 g/mol. The molecular formula is C16H14BrN. The molecule has 0 aliphatic carbocycles. The van der Waals surface area contributed by atoms with Crippen LogP contribution in [0.4, 0.5) is 0 Å². The van der Waals surface area contributed by atoms with Crippen LogP contribution >= 0.6 is 15.9 Å². The first-order valence-electron chi connectivity index (χ1n) is 6.04. The van der Waals surface area contributed by atoms with Crippen molar-refractivity contribution in [1.29, 1.82) is 5.26 Å². The normalized spacial score (nSPS) is 10.1. The fraction of sp³-hybridized carbons (Fsp3) is 0.188. The van der Waals surface area contributed by atoms with Gasteiger partial charge in [0.1, 0.15) is 0 Å². The molecule has 2 aromatic rings. The maximum absolute atomic E-state index is 9.15. The van der Waals surface area contributed by atoms with E-state index in [1.54, 1.807) is 0 Å². The van der Waals surface area contributed by atoms with E-state index in [9.17, 15) is 0 Å². The maximum atomic E-state index is 9.15. The number of nitrogens with zero attached hydrogens (tertiary/aromatic N) is 1. The minimum absolute atomic E-state index is 0.724. The Morgan fingerprint density at radius 2 is 1.94 bits per heavy atom. The number of aryl methyl sites for hydroxylation is 1. The summed E-state index contributed by atoms with van der Waals surface area (Å²) >= 11 is 3.57. The van der Waals surface area contributed by atoms with Crippen LogP contribution in [0, 0.1) is 11.3 Å². The number of nitriles is 1. The van der Waals surface area contributed by atoms with Crippen LogP contribution in [0.2, 0.25) is 0 Å². The molecule has 2 aromatic carbocycles. The van der Waals surface area contributed by atoms with Crippen LogP contribution < -0.4 is 0 Å². The van der Waals surface area contributed by atoms with Gasteiger partial charge in [-0.15, -0.1) is 0 Å². The third-order valence-electron chi connectivity index (χ3n) is 2.92. The Hall–Kier alpha value is -1.59. The lowest BCUT2D eigenvalue weighted by Gasteiger charge is -2.08. The van der Waals surface area contributed by atoms with Gasteiger partial charge >= 0.3 is 0 Å². The standard InChI is InChI=1S/C16H14BrN/c1-2-5-13-10-12(8-9-16(13)17)15-7-4-3-6-14(15)11-18/h3-4,6-10H,2,5H2,1H3. The van der Waals surface area contributed by atoms with E-state index in [4.69, 9.17) is 5.26 Å². The summed E-state index contributed by atoms with van der Waals surface area (Å²) in [5.74, 6) is 0. The summed E-state index contributed by atoms with van der Waals surface area (Å²) in [5, 5.41) is 9.15. The first kappa shape index (κ1) is 12.9. The molecule has 0 unspecified atom stereocenters. The molecule has 0 saturated carbocycles. The Morgan fingerprint density at radius 3 is 2.67 bits per heavy atom. The van der Waals surface area contributed by atoms with Crippen molar-refractivity contribution in [3.05, 3.63) is 58.1 Å². The maximum Gasteiger partial charge on any atom is 0.0998 e. The van der Waals surface area contributed by atoms with Gasteiger partial charge in [-0.3, -0.25) is 0 Å². The number of rotatable bonds is 3. The molecule has 0 aliphatic heterocycles. The van der Waals surface area contributed by atoms with E-state index in [-0.39, 0.29) is 0 Å². The Labute approximate surface area is 116 Å². The first-order valence-corrected chi connectivity index (χ1v) is 6.83. The van der Waals surface area contributed by atoms with Crippen LogP contribution in [0.5, 0.6) is 0 Å². The largest absolute Gasteiger partial charge is 0.192 e. The fourth-order valence-corrected chi connectivity index (χ4v) is 2.48. The van der Waals surface area contributed by atoms with Crippen molar-refractivity contribution in [2.45, 2.75) is 19.8 Å². The van der Waals surface area contributed by atoms with Crippen molar-refractivity contribution < 1.29 is 0 Å². The van der Waals surface area contributed by atoms with Crippen LogP contribution in [0.15, 0.2) is 46.9 Å². The quantitative estimate of drug-likeness (QED) is 0.787. The first-order chi connectivity index (χ1) is 8.76. The number of hydrogen-bond acceptors (Lipinski definition) is 1. The third kappa shape index (κ3) is 2.63. The molecule has 0 fully saturated rings. The molecule has 18 heavy (non-hydrogen) atoms. The number of benzene rings is 2. The molecule has 0 aromatic heterocycles. The lowest BCUT2D eigenvalue weighted by atomic mass is 9.97. The molecule has 0 N–H and O–H groups in total. The molecule has 0 bridgehead atoms. The van der Waals surface area contributed by atoms with Crippen LogP contribution in [0.25, 0.3) is 11.1 Å². The van der Waals surface area contributed by atoms with Gasteiger partial charge in [-0.05, 0) is 41.3 Å². The number of hydrogen-bond donors (Lipinski definition) is 0. The van der Waals surface area contributed by atoms with Crippen LogP contribution in [0.3, 0.4) is 0 Å². The monoisotopic (exact) mass is 299 g/mol. The Bertz CT molecular complexity index is 596. The zero-order valence-corrected chi connectivity index (χ0v) is 11.9. The summed E-state index contributed by atoms with van der Waals surface area (Å²) < 4.78 is 1.14. The van der Waals surface area contributed by atoms with Crippen LogP contribution in [-0.4, -0.2) is 0 Å². The SMILES string of the molecule is CCCc1cc(-c2ccccc2C#N)ccc1Br.